The van der Waals surface area contributed by atoms with Crippen molar-refractivity contribution in [1.82, 2.24) is 19.7 Å². The molecule has 3 heterocycles. The van der Waals surface area contributed by atoms with E-state index in [2.05, 4.69) is 21.4 Å². The molecule has 1 N–H and O–H groups in total. The maximum atomic E-state index is 13.1. The fourth-order valence-corrected chi connectivity index (χ4v) is 3.92. The Kier molecular flexibility index (Phi) is 7.52. The first kappa shape index (κ1) is 23.4. The molecule has 0 atom stereocenters. The van der Waals surface area contributed by atoms with Gasteiger partial charge in [-0.1, -0.05) is 18.9 Å². The van der Waals surface area contributed by atoms with E-state index in [1.807, 2.05) is 32.2 Å². The largest absolute Gasteiger partial charge is 0.491 e. The van der Waals surface area contributed by atoms with Gasteiger partial charge in [0.05, 0.1) is 22.6 Å². The molecule has 4 rings (SSSR count). The third-order valence-corrected chi connectivity index (χ3v) is 5.61. The van der Waals surface area contributed by atoms with Crippen LogP contribution in [0.1, 0.15) is 55.5 Å². The highest BCUT2D eigenvalue weighted by atomic mass is 16.5. The molecule has 1 aromatic carbocycles. The number of fused-ring (bicyclic) bond motifs is 2. The van der Waals surface area contributed by atoms with Gasteiger partial charge < -0.3 is 10.1 Å². The van der Waals surface area contributed by atoms with Gasteiger partial charge in [0.15, 0.2) is 0 Å². The minimum absolute atomic E-state index is 0.00470. The van der Waals surface area contributed by atoms with Crippen LogP contribution in [0.25, 0.3) is 16.6 Å². The van der Waals surface area contributed by atoms with Crippen molar-refractivity contribution in [3.05, 3.63) is 82.5 Å². The van der Waals surface area contributed by atoms with Crippen molar-refractivity contribution in [2.24, 2.45) is 0 Å². The highest BCUT2D eigenvalue weighted by Gasteiger charge is 2.11. The third kappa shape index (κ3) is 5.78. The second-order valence-corrected chi connectivity index (χ2v) is 8.69. The van der Waals surface area contributed by atoms with Crippen LogP contribution in [0.15, 0.2) is 65.8 Å². The lowest BCUT2D eigenvalue weighted by Crippen LogP contribution is -2.25. The van der Waals surface area contributed by atoms with Crippen LogP contribution in [0.4, 0.5) is 0 Å². The van der Waals surface area contributed by atoms with E-state index in [4.69, 9.17) is 4.74 Å². The van der Waals surface area contributed by atoms with Gasteiger partial charge in [0.2, 0.25) is 0 Å². The number of aromatic nitrogens is 3. The molecule has 0 aliphatic heterocycles. The normalized spacial score (nSPS) is 11.3. The maximum Gasteiger partial charge on any atom is 0.265 e. The molecule has 0 saturated heterocycles. The molecule has 176 valence electrons. The van der Waals surface area contributed by atoms with Gasteiger partial charge in [0.25, 0.3) is 11.5 Å². The number of nitrogens with one attached hydrogen (secondary N) is 1. The van der Waals surface area contributed by atoms with E-state index in [0.717, 1.165) is 32.1 Å². The number of unbranched alkanes of at least 4 members (excludes halogenated alkanes) is 3. The molecule has 34 heavy (non-hydrogen) atoms. The predicted molar refractivity (Wildman–Crippen MR) is 133 cm³/mol. The van der Waals surface area contributed by atoms with E-state index in [1.54, 1.807) is 36.7 Å². The van der Waals surface area contributed by atoms with Crippen LogP contribution in [0, 0.1) is 0 Å². The quantitative estimate of drug-likeness (QED) is 0.278. The lowest BCUT2D eigenvalue weighted by molar-refractivity contribution is 0.0952. The summed E-state index contributed by atoms with van der Waals surface area (Å²) >= 11 is 0. The Balaban J connectivity index is 1.35. The molecule has 4 aromatic rings. The molecule has 0 aliphatic carbocycles. The molecule has 3 aromatic heterocycles. The van der Waals surface area contributed by atoms with Crippen LogP contribution < -0.4 is 15.6 Å². The number of hydrogen-bond donors (Lipinski definition) is 1. The van der Waals surface area contributed by atoms with Crippen molar-refractivity contribution in [2.75, 3.05) is 6.54 Å². The third-order valence-electron chi connectivity index (χ3n) is 5.61. The van der Waals surface area contributed by atoms with Crippen molar-refractivity contribution in [1.29, 1.82) is 0 Å². The zero-order valence-corrected chi connectivity index (χ0v) is 19.7. The smallest absolute Gasteiger partial charge is 0.265 e. The van der Waals surface area contributed by atoms with E-state index in [-0.39, 0.29) is 17.6 Å². The number of aryl methyl sites for hydroxylation is 1. The van der Waals surface area contributed by atoms with Gasteiger partial charge in [-0.15, -0.1) is 0 Å². The maximum absolute atomic E-state index is 13.1. The number of ether oxygens (including phenoxy) is 1. The van der Waals surface area contributed by atoms with Crippen molar-refractivity contribution in [2.45, 2.75) is 52.1 Å². The number of amides is 1. The summed E-state index contributed by atoms with van der Waals surface area (Å²) < 4.78 is 7.14. The van der Waals surface area contributed by atoms with Crippen molar-refractivity contribution >= 4 is 22.5 Å². The summed E-state index contributed by atoms with van der Waals surface area (Å²) in [4.78, 5) is 34.4. The van der Waals surface area contributed by atoms with Crippen molar-refractivity contribution in [3.8, 4) is 5.75 Å². The van der Waals surface area contributed by atoms with E-state index in [0.29, 0.717) is 34.4 Å². The second-order valence-electron chi connectivity index (χ2n) is 8.69. The van der Waals surface area contributed by atoms with E-state index < -0.39 is 0 Å². The Morgan fingerprint density at radius 2 is 1.94 bits per heavy atom. The molecule has 0 bridgehead atoms. The molecule has 0 saturated carbocycles. The average Bonchev–Trinajstić information content (AvgIpc) is 2.84. The van der Waals surface area contributed by atoms with Crippen LogP contribution in [-0.2, 0) is 6.42 Å². The summed E-state index contributed by atoms with van der Waals surface area (Å²) in [5, 5.41) is 3.41. The molecule has 0 fully saturated rings. The molecule has 0 radical (unpaired) electrons. The summed E-state index contributed by atoms with van der Waals surface area (Å²) in [6.45, 7) is 4.47. The van der Waals surface area contributed by atoms with Crippen LogP contribution in [-0.4, -0.2) is 32.9 Å². The number of hydrogen-bond acceptors (Lipinski definition) is 5. The summed E-state index contributed by atoms with van der Waals surface area (Å²) in [6.07, 6.45) is 10.5. The fraction of sp³-hybridized carbons (Fsp3) is 0.333. The minimum Gasteiger partial charge on any atom is -0.491 e. The van der Waals surface area contributed by atoms with E-state index >= 15 is 0 Å². The molecule has 1 amide bonds. The molecular formula is C27H30N4O3. The Morgan fingerprint density at radius 1 is 1.09 bits per heavy atom. The SMILES string of the molecule is CC(C)Oc1ccc2nc3ccc(C(=O)NCCCCCCc4cccnc4)cn3c(=O)c2c1. The first-order chi connectivity index (χ1) is 16.5. The van der Waals surface area contributed by atoms with Crippen LogP contribution in [0.2, 0.25) is 0 Å². The van der Waals surface area contributed by atoms with Crippen LogP contribution in [0.5, 0.6) is 5.75 Å². The summed E-state index contributed by atoms with van der Waals surface area (Å²) in [5.41, 5.74) is 2.56. The minimum atomic E-state index is -0.225. The number of rotatable bonds is 10. The molecule has 7 nitrogen and oxygen atoms in total. The summed E-state index contributed by atoms with van der Waals surface area (Å²) in [5.74, 6) is 0.428. The van der Waals surface area contributed by atoms with Gasteiger partial charge in [0.1, 0.15) is 11.4 Å². The van der Waals surface area contributed by atoms with Crippen LogP contribution in [0.3, 0.4) is 0 Å². The summed E-state index contributed by atoms with van der Waals surface area (Å²) in [6, 6.07) is 12.8. The monoisotopic (exact) mass is 458 g/mol. The number of nitrogens with zero attached hydrogens (tertiary/aromatic N) is 3. The molecule has 0 spiro atoms. The Bertz CT molecular complexity index is 1330. The zero-order valence-electron chi connectivity index (χ0n) is 19.7. The van der Waals surface area contributed by atoms with Crippen molar-refractivity contribution < 1.29 is 9.53 Å². The predicted octanol–water partition coefficient (Wildman–Crippen LogP) is 4.56. The number of benzene rings is 1. The first-order valence-electron chi connectivity index (χ1n) is 11.8. The Morgan fingerprint density at radius 3 is 2.74 bits per heavy atom. The van der Waals surface area contributed by atoms with E-state index in [1.165, 1.54) is 9.96 Å². The number of carbonyl (C=O) groups is 1. The summed E-state index contributed by atoms with van der Waals surface area (Å²) in [7, 11) is 0. The van der Waals surface area contributed by atoms with Gasteiger partial charge in [0, 0.05) is 25.1 Å². The molecule has 0 aliphatic rings. The van der Waals surface area contributed by atoms with Gasteiger partial charge >= 0.3 is 0 Å². The number of pyridine rings is 2. The van der Waals surface area contributed by atoms with Gasteiger partial charge in [-0.05, 0) is 75.1 Å². The van der Waals surface area contributed by atoms with Gasteiger partial charge in [-0.2, -0.15) is 0 Å². The Hall–Kier alpha value is -3.74. The molecular weight excluding hydrogens is 428 g/mol. The Labute approximate surface area is 198 Å². The second kappa shape index (κ2) is 10.9. The molecule has 0 unspecified atom stereocenters. The lowest BCUT2D eigenvalue weighted by Gasteiger charge is -2.11. The first-order valence-corrected chi connectivity index (χ1v) is 11.8. The van der Waals surface area contributed by atoms with Crippen molar-refractivity contribution in [3.63, 3.8) is 0 Å². The fourth-order valence-electron chi connectivity index (χ4n) is 3.92. The lowest BCUT2D eigenvalue weighted by atomic mass is 10.1. The topological polar surface area (TPSA) is 85.6 Å². The number of carbonyl (C=O) groups excluding carboxylic acids is 1. The van der Waals surface area contributed by atoms with Gasteiger partial charge in [-0.25, -0.2) is 4.98 Å². The highest BCUT2D eigenvalue weighted by Crippen LogP contribution is 2.19. The average molecular weight is 459 g/mol. The molecule has 7 heteroatoms. The van der Waals surface area contributed by atoms with E-state index in [9.17, 15) is 9.59 Å². The van der Waals surface area contributed by atoms with Crippen LogP contribution >= 0.6 is 0 Å². The zero-order chi connectivity index (χ0) is 23.9. The standard InChI is InChI=1S/C27H30N4O3/c1-19(2)34-22-11-12-24-23(16-22)27(33)31-18-21(10-13-25(31)30-24)26(32)29-15-6-4-3-5-8-20-9-7-14-28-17-20/h7,9-14,16-19H,3-6,8,15H2,1-2H3,(H,29,32). The highest BCUT2D eigenvalue weighted by molar-refractivity contribution is 5.94. The van der Waals surface area contributed by atoms with Gasteiger partial charge in [-0.3, -0.25) is 19.0 Å².